The summed E-state index contributed by atoms with van der Waals surface area (Å²) in [5, 5.41) is 0. The number of anilines is 1. The van der Waals surface area contributed by atoms with Crippen molar-refractivity contribution in [2.75, 3.05) is 31.1 Å². The molecule has 1 aromatic heterocycles. The summed E-state index contributed by atoms with van der Waals surface area (Å²) in [6.45, 7) is 9.03. The van der Waals surface area contributed by atoms with Crippen LogP contribution in [-0.4, -0.2) is 47.1 Å². The van der Waals surface area contributed by atoms with Crippen LogP contribution in [0.5, 0.6) is 0 Å². The van der Waals surface area contributed by atoms with E-state index in [0.29, 0.717) is 12.0 Å². The molecule has 0 spiro atoms. The summed E-state index contributed by atoms with van der Waals surface area (Å²) in [5.74, 6) is 2.38. The van der Waals surface area contributed by atoms with Gasteiger partial charge in [0, 0.05) is 37.7 Å². The lowest BCUT2D eigenvalue weighted by molar-refractivity contribution is 0.273. The number of nitrogens with zero attached hydrogens (tertiary/aromatic N) is 4. The van der Waals surface area contributed by atoms with E-state index < -0.39 is 0 Å². The normalized spacial score (nSPS) is 24.0. The first kappa shape index (κ1) is 14.3. The average molecular weight is 339 g/mol. The molecule has 1 atom stereocenters. The van der Waals surface area contributed by atoms with Crippen molar-refractivity contribution in [2.45, 2.75) is 45.1 Å². The van der Waals surface area contributed by atoms with Gasteiger partial charge in [0.05, 0.1) is 0 Å². The van der Waals surface area contributed by atoms with Crippen LogP contribution in [0.3, 0.4) is 0 Å². The average Bonchev–Trinajstić information content (AvgIpc) is 2.75. The summed E-state index contributed by atoms with van der Waals surface area (Å²) >= 11 is 3.54. The van der Waals surface area contributed by atoms with Crippen molar-refractivity contribution in [3.05, 3.63) is 16.5 Å². The maximum atomic E-state index is 4.78. The van der Waals surface area contributed by atoms with Crippen LogP contribution >= 0.6 is 15.9 Å². The van der Waals surface area contributed by atoms with E-state index in [2.05, 4.69) is 50.6 Å². The zero-order valence-electron chi connectivity index (χ0n) is 12.3. The van der Waals surface area contributed by atoms with Crippen LogP contribution in [-0.2, 0) is 0 Å². The standard InChI is InChI=1S/C15H23BrN4/c1-11(2)15-17-13(16)9-14(18-15)20-8-4-7-19-6-3-5-12(19)10-20/h9,11-12H,3-8,10H2,1-2H3. The lowest BCUT2D eigenvalue weighted by atomic mass is 10.2. The molecule has 5 heteroatoms. The number of fused-ring (bicyclic) bond motifs is 1. The Labute approximate surface area is 129 Å². The zero-order valence-corrected chi connectivity index (χ0v) is 13.9. The molecule has 0 aromatic carbocycles. The summed E-state index contributed by atoms with van der Waals surface area (Å²) in [6, 6.07) is 2.78. The van der Waals surface area contributed by atoms with Crippen molar-refractivity contribution in [2.24, 2.45) is 0 Å². The van der Waals surface area contributed by atoms with E-state index in [1.807, 2.05) is 0 Å². The minimum absolute atomic E-state index is 0.362. The van der Waals surface area contributed by atoms with Crippen molar-refractivity contribution in [1.29, 1.82) is 0 Å². The minimum atomic E-state index is 0.362. The maximum Gasteiger partial charge on any atom is 0.134 e. The first-order valence-corrected chi connectivity index (χ1v) is 8.46. The number of aromatic nitrogens is 2. The first-order valence-electron chi connectivity index (χ1n) is 7.67. The smallest absolute Gasteiger partial charge is 0.134 e. The zero-order chi connectivity index (χ0) is 14.1. The fraction of sp³-hybridized carbons (Fsp3) is 0.733. The highest BCUT2D eigenvalue weighted by atomic mass is 79.9. The summed E-state index contributed by atoms with van der Waals surface area (Å²) in [7, 11) is 0. The van der Waals surface area contributed by atoms with Gasteiger partial charge in [-0.15, -0.1) is 0 Å². The molecule has 3 heterocycles. The third-order valence-corrected chi connectivity index (χ3v) is 4.75. The van der Waals surface area contributed by atoms with Crippen LogP contribution in [0.15, 0.2) is 10.7 Å². The van der Waals surface area contributed by atoms with Gasteiger partial charge in [-0.05, 0) is 41.7 Å². The van der Waals surface area contributed by atoms with E-state index in [1.165, 1.54) is 32.4 Å². The van der Waals surface area contributed by atoms with Gasteiger partial charge >= 0.3 is 0 Å². The van der Waals surface area contributed by atoms with E-state index in [-0.39, 0.29) is 0 Å². The molecule has 0 saturated carbocycles. The van der Waals surface area contributed by atoms with Crippen molar-refractivity contribution in [3.63, 3.8) is 0 Å². The Morgan fingerprint density at radius 1 is 1.20 bits per heavy atom. The monoisotopic (exact) mass is 338 g/mol. The van der Waals surface area contributed by atoms with Crippen molar-refractivity contribution in [1.82, 2.24) is 14.9 Å². The molecule has 2 saturated heterocycles. The molecule has 0 aliphatic carbocycles. The van der Waals surface area contributed by atoms with Crippen molar-refractivity contribution in [3.8, 4) is 0 Å². The van der Waals surface area contributed by atoms with Crippen LogP contribution < -0.4 is 4.90 Å². The molecule has 1 unspecified atom stereocenters. The van der Waals surface area contributed by atoms with E-state index in [4.69, 9.17) is 4.98 Å². The van der Waals surface area contributed by atoms with Crippen LogP contribution in [0.1, 0.15) is 44.9 Å². The molecule has 0 N–H and O–H groups in total. The lowest BCUT2D eigenvalue weighted by Gasteiger charge is -2.27. The SMILES string of the molecule is CC(C)c1nc(Br)cc(N2CCCN3CCCC3C2)n1. The Morgan fingerprint density at radius 2 is 2.00 bits per heavy atom. The third kappa shape index (κ3) is 2.98. The Balaban J connectivity index is 1.84. The van der Waals surface area contributed by atoms with E-state index in [0.717, 1.165) is 29.3 Å². The summed E-state index contributed by atoms with van der Waals surface area (Å²) in [6.07, 6.45) is 3.91. The number of hydrogen-bond donors (Lipinski definition) is 0. The summed E-state index contributed by atoms with van der Waals surface area (Å²) < 4.78 is 0.902. The molecule has 110 valence electrons. The molecular formula is C15H23BrN4. The summed E-state index contributed by atoms with van der Waals surface area (Å²) in [4.78, 5) is 14.4. The molecule has 20 heavy (non-hydrogen) atoms. The van der Waals surface area contributed by atoms with E-state index in [1.54, 1.807) is 0 Å². The minimum Gasteiger partial charge on any atom is -0.355 e. The molecule has 2 fully saturated rings. The van der Waals surface area contributed by atoms with Crippen LogP contribution in [0.4, 0.5) is 5.82 Å². The highest BCUT2D eigenvalue weighted by Gasteiger charge is 2.29. The highest BCUT2D eigenvalue weighted by molar-refractivity contribution is 9.10. The molecular weight excluding hydrogens is 316 g/mol. The Kier molecular flexibility index (Phi) is 4.26. The second-order valence-electron chi connectivity index (χ2n) is 6.19. The lowest BCUT2D eigenvalue weighted by Crippen LogP contribution is -2.37. The van der Waals surface area contributed by atoms with Gasteiger partial charge in [-0.2, -0.15) is 0 Å². The van der Waals surface area contributed by atoms with Gasteiger partial charge in [-0.1, -0.05) is 13.8 Å². The van der Waals surface area contributed by atoms with Crippen molar-refractivity contribution < 1.29 is 0 Å². The Hall–Kier alpha value is -0.680. The van der Waals surface area contributed by atoms with Gasteiger partial charge in [-0.25, -0.2) is 9.97 Å². The van der Waals surface area contributed by atoms with Crippen LogP contribution in [0, 0.1) is 0 Å². The van der Waals surface area contributed by atoms with Crippen LogP contribution in [0.2, 0.25) is 0 Å². The van der Waals surface area contributed by atoms with Gasteiger partial charge in [0.15, 0.2) is 0 Å². The first-order chi connectivity index (χ1) is 9.63. The maximum absolute atomic E-state index is 4.78. The van der Waals surface area contributed by atoms with Crippen molar-refractivity contribution >= 4 is 21.7 Å². The predicted octanol–water partition coefficient (Wildman–Crippen LogP) is 3.04. The molecule has 0 amide bonds. The number of halogens is 1. The van der Waals surface area contributed by atoms with Gasteiger partial charge in [0.2, 0.25) is 0 Å². The van der Waals surface area contributed by atoms with E-state index in [9.17, 15) is 0 Å². The molecule has 3 rings (SSSR count). The van der Waals surface area contributed by atoms with Gasteiger partial charge < -0.3 is 4.90 Å². The molecule has 1 aromatic rings. The molecule has 0 radical (unpaired) electrons. The molecule has 2 aliphatic rings. The molecule has 0 bridgehead atoms. The second-order valence-corrected chi connectivity index (χ2v) is 7.01. The van der Waals surface area contributed by atoms with Gasteiger partial charge in [-0.3, -0.25) is 4.90 Å². The quantitative estimate of drug-likeness (QED) is 0.776. The number of rotatable bonds is 2. The molecule has 4 nitrogen and oxygen atoms in total. The third-order valence-electron chi connectivity index (χ3n) is 4.34. The van der Waals surface area contributed by atoms with E-state index >= 15 is 0 Å². The van der Waals surface area contributed by atoms with Gasteiger partial charge in [0.25, 0.3) is 0 Å². The topological polar surface area (TPSA) is 32.3 Å². The second kappa shape index (κ2) is 5.98. The molecule has 2 aliphatic heterocycles. The largest absolute Gasteiger partial charge is 0.355 e. The highest BCUT2D eigenvalue weighted by Crippen LogP contribution is 2.26. The Morgan fingerprint density at radius 3 is 2.80 bits per heavy atom. The Bertz CT molecular complexity index is 477. The number of hydrogen-bond acceptors (Lipinski definition) is 4. The fourth-order valence-corrected chi connectivity index (χ4v) is 3.64. The fourth-order valence-electron chi connectivity index (χ4n) is 3.26. The van der Waals surface area contributed by atoms with Gasteiger partial charge in [0.1, 0.15) is 16.2 Å². The van der Waals surface area contributed by atoms with Crippen LogP contribution in [0.25, 0.3) is 0 Å². The summed E-state index contributed by atoms with van der Waals surface area (Å²) in [5.41, 5.74) is 0. The predicted molar refractivity (Wildman–Crippen MR) is 85.2 cm³/mol.